The molecule has 0 spiro atoms. The third-order valence-electron chi connectivity index (χ3n) is 3.89. The number of ether oxygens (including phenoxy) is 1. The SMILES string of the molecule is CCCc1cc(OC)ccc1N(OC(C)C(C)O)OC(C)C(C)O. The van der Waals surface area contributed by atoms with E-state index in [1.165, 1.54) is 5.23 Å². The number of nitrogens with zero attached hydrogens (tertiary/aromatic N) is 1. The zero-order chi connectivity index (χ0) is 18.3. The maximum Gasteiger partial charge on any atom is 0.119 e. The van der Waals surface area contributed by atoms with Gasteiger partial charge in [-0.2, -0.15) is 0 Å². The van der Waals surface area contributed by atoms with Crippen molar-refractivity contribution in [3.05, 3.63) is 23.8 Å². The van der Waals surface area contributed by atoms with E-state index in [1.54, 1.807) is 34.8 Å². The van der Waals surface area contributed by atoms with Crippen LogP contribution in [0.5, 0.6) is 5.75 Å². The van der Waals surface area contributed by atoms with Crippen molar-refractivity contribution in [1.82, 2.24) is 0 Å². The van der Waals surface area contributed by atoms with Crippen LogP contribution in [0.4, 0.5) is 5.69 Å². The van der Waals surface area contributed by atoms with Gasteiger partial charge in [0.1, 0.15) is 18.0 Å². The molecule has 1 aromatic rings. The number of hydrogen-bond acceptors (Lipinski definition) is 6. The maximum atomic E-state index is 9.74. The van der Waals surface area contributed by atoms with Crippen molar-refractivity contribution >= 4 is 5.69 Å². The number of aliphatic hydroxyl groups is 2. The molecule has 6 heteroatoms. The van der Waals surface area contributed by atoms with E-state index < -0.39 is 24.4 Å². The van der Waals surface area contributed by atoms with Crippen molar-refractivity contribution in [1.29, 1.82) is 0 Å². The van der Waals surface area contributed by atoms with Crippen LogP contribution >= 0.6 is 0 Å². The Labute approximate surface area is 144 Å². The molecule has 0 amide bonds. The van der Waals surface area contributed by atoms with Crippen LogP contribution in [0, 0.1) is 0 Å². The lowest BCUT2D eigenvalue weighted by atomic mass is 10.1. The minimum Gasteiger partial charge on any atom is -0.497 e. The van der Waals surface area contributed by atoms with Gasteiger partial charge in [-0.15, -0.1) is 5.23 Å². The van der Waals surface area contributed by atoms with Crippen molar-refractivity contribution in [2.45, 2.75) is 71.9 Å². The Bertz CT molecular complexity index is 476. The minimum atomic E-state index is -0.661. The molecular weight excluding hydrogens is 310 g/mol. The third kappa shape index (κ3) is 5.94. The quantitative estimate of drug-likeness (QED) is 0.638. The van der Waals surface area contributed by atoms with Crippen molar-refractivity contribution in [3.8, 4) is 5.75 Å². The van der Waals surface area contributed by atoms with E-state index in [0.717, 1.165) is 29.8 Å². The molecule has 1 aromatic carbocycles. The van der Waals surface area contributed by atoms with Crippen LogP contribution in [0.15, 0.2) is 18.2 Å². The van der Waals surface area contributed by atoms with Crippen molar-refractivity contribution in [2.75, 3.05) is 12.3 Å². The minimum absolute atomic E-state index is 0.470. The number of rotatable bonds is 10. The maximum absolute atomic E-state index is 9.74. The smallest absolute Gasteiger partial charge is 0.119 e. The van der Waals surface area contributed by atoms with Gasteiger partial charge in [-0.1, -0.05) is 13.3 Å². The molecule has 4 unspecified atom stereocenters. The fourth-order valence-corrected chi connectivity index (χ4v) is 1.95. The van der Waals surface area contributed by atoms with Gasteiger partial charge in [0, 0.05) is 0 Å². The van der Waals surface area contributed by atoms with Crippen LogP contribution in [-0.2, 0) is 16.1 Å². The Morgan fingerprint density at radius 3 is 1.96 bits per heavy atom. The molecule has 0 aliphatic rings. The summed E-state index contributed by atoms with van der Waals surface area (Å²) in [7, 11) is 1.63. The molecule has 0 saturated carbocycles. The summed E-state index contributed by atoms with van der Waals surface area (Å²) in [6, 6.07) is 5.63. The fraction of sp³-hybridized carbons (Fsp3) is 0.667. The number of benzene rings is 1. The lowest BCUT2D eigenvalue weighted by molar-refractivity contribution is -0.176. The molecule has 4 atom stereocenters. The highest BCUT2D eigenvalue weighted by molar-refractivity contribution is 5.53. The molecule has 2 N–H and O–H groups in total. The van der Waals surface area contributed by atoms with Gasteiger partial charge >= 0.3 is 0 Å². The van der Waals surface area contributed by atoms with Crippen LogP contribution in [0.1, 0.15) is 46.6 Å². The lowest BCUT2D eigenvalue weighted by Gasteiger charge is -2.31. The third-order valence-corrected chi connectivity index (χ3v) is 3.89. The average Bonchev–Trinajstić information content (AvgIpc) is 2.54. The van der Waals surface area contributed by atoms with Crippen molar-refractivity contribution in [3.63, 3.8) is 0 Å². The summed E-state index contributed by atoms with van der Waals surface area (Å²) in [5, 5.41) is 20.8. The molecule has 0 aliphatic carbocycles. The number of aryl methyl sites for hydroxylation is 1. The first kappa shape index (κ1) is 20.7. The average molecular weight is 341 g/mol. The number of hydrogen-bond donors (Lipinski definition) is 2. The molecule has 24 heavy (non-hydrogen) atoms. The predicted octanol–water partition coefficient (Wildman–Crippen LogP) is 2.86. The number of anilines is 1. The Kier molecular flexibility index (Phi) is 8.48. The van der Waals surface area contributed by atoms with Gasteiger partial charge in [0.05, 0.1) is 25.0 Å². The van der Waals surface area contributed by atoms with E-state index in [9.17, 15) is 10.2 Å². The van der Waals surface area contributed by atoms with Crippen LogP contribution in [0.2, 0.25) is 0 Å². The Balaban J connectivity index is 3.16. The topological polar surface area (TPSA) is 71.4 Å². The zero-order valence-corrected chi connectivity index (χ0v) is 15.5. The highest BCUT2D eigenvalue weighted by atomic mass is 17.0. The number of aliphatic hydroxyl groups excluding tert-OH is 2. The van der Waals surface area contributed by atoms with E-state index in [4.69, 9.17) is 14.4 Å². The van der Waals surface area contributed by atoms with Gasteiger partial charge in [0.25, 0.3) is 0 Å². The van der Waals surface area contributed by atoms with Crippen molar-refractivity contribution in [2.24, 2.45) is 0 Å². The molecule has 0 aliphatic heterocycles. The van der Waals surface area contributed by atoms with Gasteiger partial charge in [-0.3, -0.25) is 0 Å². The molecule has 6 nitrogen and oxygen atoms in total. The van der Waals surface area contributed by atoms with Crippen LogP contribution in [-0.4, -0.2) is 41.7 Å². The Morgan fingerprint density at radius 2 is 1.54 bits per heavy atom. The Hall–Kier alpha value is -1.34. The van der Waals surface area contributed by atoms with Gasteiger partial charge in [0.15, 0.2) is 0 Å². The standard InChI is InChI=1S/C18H31NO5/c1-7-8-16-11-17(22-6)9-10-18(16)19(23-14(4)12(2)20)24-15(5)13(3)21/h9-15,20-21H,7-8H2,1-6H3. The first-order valence-electron chi connectivity index (χ1n) is 8.46. The second kappa shape index (κ2) is 9.84. The van der Waals surface area contributed by atoms with Crippen molar-refractivity contribution < 1.29 is 24.6 Å². The van der Waals surface area contributed by atoms with Gasteiger partial charge in [-0.25, -0.2) is 9.68 Å². The monoisotopic (exact) mass is 341 g/mol. The highest BCUT2D eigenvalue weighted by Gasteiger charge is 2.23. The van der Waals surface area contributed by atoms with E-state index in [0.29, 0.717) is 0 Å². The van der Waals surface area contributed by atoms with Gasteiger partial charge < -0.3 is 14.9 Å². The summed E-state index contributed by atoms with van der Waals surface area (Å²) in [4.78, 5) is 11.6. The highest BCUT2D eigenvalue weighted by Crippen LogP contribution is 2.29. The second-order valence-corrected chi connectivity index (χ2v) is 6.10. The Morgan fingerprint density at radius 1 is 1.00 bits per heavy atom. The second-order valence-electron chi connectivity index (χ2n) is 6.10. The van der Waals surface area contributed by atoms with E-state index in [-0.39, 0.29) is 0 Å². The van der Waals surface area contributed by atoms with Crippen LogP contribution in [0.3, 0.4) is 0 Å². The number of methoxy groups -OCH3 is 1. The fourth-order valence-electron chi connectivity index (χ4n) is 1.95. The van der Waals surface area contributed by atoms with E-state index >= 15 is 0 Å². The summed E-state index contributed by atoms with van der Waals surface area (Å²) < 4.78 is 5.29. The summed E-state index contributed by atoms with van der Waals surface area (Å²) in [5.41, 5.74) is 1.74. The summed E-state index contributed by atoms with van der Waals surface area (Å²) in [6.07, 6.45) is -0.490. The summed E-state index contributed by atoms with van der Waals surface area (Å²) >= 11 is 0. The molecule has 0 fully saturated rings. The molecule has 138 valence electrons. The van der Waals surface area contributed by atoms with Crippen LogP contribution < -0.4 is 9.96 Å². The summed E-state index contributed by atoms with van der Waals surface area (Å²) in [5.74, 6) is 0.759. The van der Waals surface area contributed by atoms with Crippen LogP contribution in [0.25, 0.3) is 0 Å². The molecule has 0 radical (unpaired) electrons. The van der Waals surface area contributed by atoms with Gasteiger partial charge in [-0.05, 0) is 57.9 Å². The largest absolute Gasteiger partial charge is 0.497 e. The van der Waals surface area contributed by atoms with E-state index in [1.807, 2.05) is 18.2 Å². The van der Waals surface area contributed by atoms with Gasteiger partial charge in [0.2, 0.25) is 0 Å². The molecule has 0 heterocycles. The van der Waals surface area contributed by atoms with E-state index in [2.05, 4.69) is 6.92 Å². The normalized spacial score (nSPS) is 16.3. The summed E-state index contributed by atoms with van der Waals surface area (Å²) in [6.45, 7) is 8.92. The molecule has 0 aromatic heterocycles. The molecular formula is C18H31NO5. The zero-order valence-electron chi connectivity index (χ0n) is 15.5. The molecule has 0 saturated heterocycles. The lowest BCUT2D eigenvalue weighted by Crippen LogP contribution is -2.39. The molecule has 1 rings (SSSR count). The first-order chi connectivity index (χ1) is 11.3. The molecule has 0 bridgehead atoms. The predicted molar refractivity (Wildman–Crippen MR) is 93.9 cm³/mol. The first-order valence-corrected chi connectivity index (χ1v) is 8.46.